The fourth-order valence-corrected chi connectivity index (χ4v) is 1.90. The molecule has 0 saturated heterocycles. The topological polar surface area (TPSA) is 81.4 Å². The van der Waals surface area contributed by atoms with E-state index in [1.807, 2.05) is 6.07 Å². The molecule has 2 aromatic heterocycles. The third kappa shape index (κ3) is 2.58. The van der Waals surface area contributed by atoms with Crippen LogP contribution >= 0.6 is 0 Å². The summed E-state index contributed by atoms with van der Waals surface area (Å²) in [5.41, 5.74) is 3.37. The van der Waals surface area contributed by atoms with E-state index in [0.29, 0.717) is 17.7 Å². The average Bonchev–Trinajstić information content (AvgIpc) is 3.04. The van der Waals surface area contributed by atoms with Crippen molar-refractivity contribution in [1.29, 1.82) is 0 Å². The second-order valence-corrected chi connectivity index (χ2v) is 4.67. The molecule has 3 rings (SSSR count). The van der Waals surface area contributed by atoms with Gasteiger partial charge >= 0.3 is 0 Å². The Bertz CT molecular complexity index is 765. The number of hydrogen-bond acceptors (Lipinski definition) is 6. The summed E-state index contributed by atoms with van der Waals surface area (Å²) >= 11 is 0. The fraction of sp³-hybridized carbons (Fsp3) is 0.214. The Morgan fingerprint density at radius 1 is 1.05 bits per heavy atom. The van der Waals surface area contributed by atoms with E-state index in [-0.39, 0.29) is 0 Å². The predicted molar refractivity (Wildman–Crippen MR) is 79.2 cm³/mol. The lowest BCUT2D eigenvalue weighted by molar-refractivity contribution is 0.798. The molecule has 21 heavy (non-hydrogen) atoms. The number of rotatable bonds is 3. The zero-order chi connectivity index (χ0) is 14.8. The van der Waals surface area contributed by atoms with Crippen LogP contribution in [-0.4, -0.2) is 36.8 Å². The molecule has 7 nitrogen and oxygen atoms in total. The molecule has 7 heteroatoms. The molecule has 0 radical (unpaired) electrons. The summed E-state index contributed by atoms with van der Waals surface area (Å²) in [6.07, 6.45) is 3.00. The summed E-state index contributed by atoms with van der Waals surface area (Å²) < 4.78 is 1.51. The summed E-state index contributed by atoms with van der Waals surface area (Å²) in [7, 11) is 1.77. The van der Waals surface area contributed by atoms with Gasteiger partial charge in [0.25, 0.3) is 5.95 Å². The first kappa shape index (κ1) is 13.2. The van der Waals surface area contributed by atoms with Gasteiger partial charge in [-0.05, 0) is 31.0 Å². The SMILES string of the molecule is CNc1nc(-c2ccc(C)c(C)c2)nc(-n2cncn2)n1. The van der Waals surface area contributed by atoms with Gasteiger partial charge in [-0.15, -0.1) is 0 Å². The van der Waals surface area contributed by atoms with E-state index < -0.39 is 0 Å². The molecule has 0 aliphatic carbocycles. The summed E-state index contributed by atoms with van der Waals surface area (Å²) in [6, 6.07) is 6.13. The van der Waals surface area contributed by atoms with Crippen LogP contribution in [0.1, 0.15) is 11.1 Å². The van der Waals surface area contributed by atoms with E-state index in [1.165, 1.54) is 22.1 Å². The quantitative estimate of drug-likeness (QED) is 0.788. The van der Waals surface area contributed by atoms with Gasteiger partial charge < -0.3 is 5.32 Å². The first-order valence-electron chi connectivity index (χ1n) is 6.54. The Kier molecular flexibility index (Phi) is 3.31. The first-order chi connectivity index (χ1) is 10.2. The highest BCUT2D eigenvalue weighted by Crippen LogP contribution is 2.20. The number of anilines is 1. The molecule has 1 N–H and O–H groups in total. The Balaban J connectivity index is 2.13. The Morgan fingerprint density at radius 3 is 2.57 bits per heavy atom. The molecular weight excluding hydrogens is 266 g/mol. The van der Waals surface area contributed by atoms with Gasteiger partial charge in [0.15, 0.2) is 5.82 Å². The Labute approximate surface area is 122 Å². The lowest BCUT2D eigenvalue weighted by atomic mass is 10.1. The molecule has 3 aromatic rings. The number of aryl methyl sites for hydroxylation is 2. The molecule has 106 valence electrons. The summed E-state index contributed by atoms with van der Waals surface area (Å²) in [5.74, 6) is 1.52. The largest absolute Gasteiger partial charge is 0.357 e. The van der Waals surface area contributed by atoms with Gasteiger partial charge in [0.1, 0.15) is 12.7 Å². The fourth-order valence-electron chi connectivity index (χ4n) is 1.90. The van der Waals surface area contributed by atoms with Crippen LogP contribution in [0.5, 0.6) is 0 Å². The second kappa shape index (κ2) is 5.28. The van der Waals surface area contributed by atoms with Crippen LogP contribution in [-0.2, 0) is 0 Å². The minimum atomic E-state index is 0.431. The van der Waals surface area contributed by atoms with Gasteiger partial charge in [-0.3, -0.25) is 0 Å². The van der Waals surface area contributed by atoms with E-state index in [1.54, 1.807) is 13.4 Å². The third-order valence-corrected chi connectivity index (χ3v) is 3.24. The van der Waals surface area contributed by atoms with E-state index in [0.717, 1.165) is 5.56 Å². The van der Waals surface area contributed by atoms with Crippen LogP contribution in [0.15, 0.2) is 30.9 Å². The molecule has 0 atom stereocenters. The number of benzene rings is 1. The van der Waals surface area contributed by atoms with Gasteiger partial charge in [0, 0.05) is 12.6 Å². The molecule has 0 amide bonds. The minimum absolute atomic E-state index is 0.431. The highest BCUT2D eigenvalue weighted by Gasteiger charge is 2.10. The molecule has 0 saturated carbocycles. The highest BCUT2D eigenvalue weighted by molar-refractivity contribution is 5.59. The minimum Gasteiger partial charge on any atom is -0.357 e. The third-order valence-electron chi connectivity index (χ3n) is 3.24. The highest BCUT2D eigenvalue weighted by atomic mass is 15.4. The molecule has 0 aliphatic heterocycles. The lowest BCUT2D eigenvalue weighted by Crippen LogP contribution is -2.08. The number of hydrogen-bond donors (Lipinski definition) is 1. The van der Waals surface area contributed by atoms with Crippen LogP contribution in [0.25, 0.3) is 17.3 Å². The Morgan fingerprint density at radius 2 is 1.90 bits per heavy atom. The second-order valence-electron chi connectivity index (χ2n) is 4.67. The van der Waals surface area contributed by atoms with Crippen molar-refractivity contribution in [1.82, 2.24) is 29.7 Å². The van der Waals surface area contributed by atoms with Gasteiger partial charge in [0.05, 0.1) is 0 Å². The molecule has 0 fully saturated rings. The lowest BCUT2D eigenvalue weighted by Gasteiger charge is -2.08. The molecule has 0 spiro atoms. The van der Waals surface area contributed by atoms with Crippen LogP contribution in [0.3, 0.4) is 0 Å². The van der Waals surface area contributed by atoms with Crippen LogP contribution in [0.2, 0.25) is 0 Å². The molecule has 1 aromatic carbocycles. The summed E-state index contributed by atoms with van der Waals surface area (Å²) in [5, 5.41) is 7.00. The van der Waals surface area contributed by atoms with Crippen molar-refractivity contribution in [3.63, 3.8) is 0 Å². The van der Waals surface area contributed by atoms with Crippen molar-refractivity contribution >= 4 is 5.95 Å². The monoisotopic (exact) mass is 281 g/mol. The normalized spacial score (nSPS) is 10.6. The smallest absolute Gasteiger partial charge is 0.257 e. The molecule has 0 aliphatic rings. The van der Waals surface area contributed by atoms with Gasteiger partial charge in [-0.25, -0.2) is 4.98 Å². The van der Waals surface area contributed by atoms with E-state index >= 15 is 0 Å². The van der Waals surface area contributed by atoms with Gasteiger partial charge in [-0.1, -0.05) is 12.1 Å². The van der Waals surface area contributed by atoms with Crippen molar-refractivity contribution in [2.24, 2.45) is 0 Å². The maximum Gasteiger partial charge on any atom is 0.257 e. The molecule has 0 bridgehead atoms. The predicted octanol–water partition coefficient (Wildman–Crippen LogP) is 1.78. The van der Waals surface area contributed by atoms with Crippen molar-refractivity contribution < 1.29 is 0 Å². The average molecular weight is 281 g/mol. The van der Waals surface area contributed by atoms with E-state index in [9.17, 15) is 0 Å². The van der Waals surface area contributed by atoms with Crippen LogP contribution < -0.4 is 5.32 Å². The molecular formula is C14H15N7. The van der Waals surface area contributed by atoms with Crippen molar-refractivity contribution in [3.8, 4) is 17.3 Å². The maximum absolute atomic E-state index is 4.46. The van der Waals surface area contributed by atoms with Crippen LogP contribution in [0.4, 0.5) is 5.95 Å². The van der Waals surface area contributed by atoms with E-state index in [2.05, 4.69) is 56.3 Å². The molecule has 0 unspecified atom stereocenters. The van der Waals surface area contributed by atoms with Gasteiger partial charge in [0.2, 0.25) is 5.95 Å². The number of nitrogens with one attached hydrogen (secondary N) is 1. The maximum atomic E-state index is 4.46. The van der Waals surface area contributed by atoms with Gasteiger partial charge in [-0.2, -0.15) is 24.7 Å². The summed E-state index contributed by atoms with van der Waals surface area (Å²) in [4.78, 5) is 17.1. The van der Waals surface area contributed by atoms with Crippen LogP contribution in [0, 0.1) is 13.8 Å². The molecule has 2 heterocycles. The zero-order valence-corrected chi connectivity index (χ0v) is 12.1. The first-order valence-corrected chi connectivity index (χ1v) is 6.54. The summed E-state index contributed by atoms with van der Waals surface area (Å²) in [6.45, 7) is 4.14. The van der Waals surface area contributed by atoms with Crippen molar-refractivity contribution in [2.45, 2.75) is 13.8 Å². The Hall–Kier alpha value is -2.83. The number of nitrogens with zero attached hydrogens (tertiary/aromatic N) is 6. The standard InChI is InChI=1S/C14H15N7/c1-9-4-5-11(6-10(9)2)12-18-13(15-3)20-14(19-12)21-8-16-7-17-21/h4-8H,1-3H3,(H,15,18,19,20). The zero-order valence-electron chi connectivity index (χ0n) is 12.1. The van der Waals surface area contributed by atoms with Crippen molar-refractivity contribution in [3.05, 3.63) is 42.0 Å². The van der Waals surface area contributed by atoms with Crippen molar-refractivity contribution in [2.75, 3.05) is 12.4 Å². The number of aromatic nitrogens is 6. The van der Waals surface area contributed by atoms with E-state index in [4.69, 9.17) is 0 Å².